The fraction of sp³-hybridized carbons (Fsp3) is 0.571. The zero-order chi connectivity index (χ0) is 13.1. The molecule has 2 rings (SSSR count). The Bertz CT molecular complexity index is 430. The topological polar surface area (TPSA) is 42.4 Å². The molecule has 98 valence electrons. The fourth-order valence-electron chi connectivity index (χ4n) is 2.31. The fourth-order valence-corrected chi connectivity index (χ4v) is 2.31. The minimum Gasteiger partial charge on any atom is -0.468 e. The number of rotatable bonds is 5. The number of carbonyl (C=O) groups is 1. The van der Waals surface area contributed by atoms with E-state index in [9.17, 15) is 4.79 Å². The minimum atomic E-state index is -0.132. The SMILES string of the molecule is COC(=O)C(C1CC1)N(C)Cc1cccc(C)n1. The molecule has 0 amide bonds. The average Bonchev–Trinajstić information content (AvgIpc) is 3.13. The summed E-state index contributed by atoms with van der Waals surface area (Å²) in [4.78, 5) is 18.3. The third kappa shape index (κ3) is 3.07. The average molecular weight is 248 g/mol. The Morgan fingerprint density at radius 2 is 2.28 bits per heavy atom. The second-order valence-corrected chi connectivity index (χ2v) is 4.99. The lowest BCUT2D eigenvalue weighted by Gasteiger charge is -2.25. The van der Waals surface area contributed by atoms with Crippen LogP contribution < -0.4 is 0 Å². The van der Waals surface area contributed by atoms with Gasteiger partial charge in [-0.1, -0.05) is 6.07 Å². The quantitative estimate of drug-likeness (QED) is 0.745. The van der Waals surface area contributed by atoms with Crippen LogP contribution in [0.1, 0.15) is 24.2 Å². The molecule has 1 saturated carbocycles. The van der Waals surface area contributed by atoms with Crippen molar-refractivity contribution in [3.63, 3.8) is 0 Å². The van der Waals surface area contributed by atoms with E-state index in [1.165, 1.54) is 7.11 Å². The highest BCUT2D eigenvalue weighted by Gasteiger charge is 2.39. The van der Waals surface area contributed by atoms with Crippen molar-refractivity contribution in [1.29, 1.82) is 0 Å². The largest absolute Gasteiger partial charge is 0.468 e. The van der Waals surface area contributed by atoms with Gasteiger partial charge in [-0.25, -0.2) is 0 Å². The predicted octanol–water partition coefficient (Wildman–Crippen LogP) is 1.77. The molecule has 0 aromatic carbocycles. The van der Waals surface area contributed by atoms with Crippen LogP contribution in [-0.2, 0) is 16.1 Å². The first-order valence-corrected chi connectivity index (χ1v) is 6.32. The lowest BCUT2D eigenvalue weighted by atomic mass is 10.1. The van der Waals surface area contributed by atoms with Crippen LogP contribution in [0, 0.1) is 12.8 Å². The van der Waals surface area contributed by atoms with E-state index in [2.05, 4.69) is 4.98 Å². The molecule has 4 nitrogen and oxygen atoms in total. The van der Waals surface area contributed by atoms with Gasteiger partial charge in [0.25, 0.3) is 0 Å². The second kappa shape index (κ2) is 5.48. The summed E-state index contributed by atoms with van der Waals surface area (Å²) in [6, 6.07) is 5.83. The Hall–Kier alpha value is -1.42. The molecule has 0 N–H and O–H groups in total. The van der Waals surface area contributed by atoms with Gasteiger partial charge in [0.2, 0.25) is 0 Å². The monoisotopic (exact) mass is 248 g/mol. The summed E-state index contributed by atoms with van der Waals surface area (Å²) in [5.74, 6) is 0.319. The van der Waals surface area contributed by atoms with Crippen molar-refractivity contribution in [1.82, 2.24) is 9.88 Å². The highest BCUT2D eigenvalue weighted by Crippen LogP contribution is 2.35. The number of aryl methyl sites for hydroxylation is 1. The van der Waals surface area contributed by atoms with Crippen molar-refractivity contribution < 1.29 is 9.53 Å². The number of likely N-dealkylation sites (N-methyl/N-ethyl adjacent to an activating group) is 1. The van der Waals surface area contributed by atoms with E-state index in [4.69, 9.17) is 4.74 Å². The number of ether oxygens (including phenoxy) is 1. The molecule has 1 aromatic heterocycles. The number of methoxy groups -OCH3 is 1. The Morgan fingerprint density at radius 3 is 2.83 bits per heavy atom. The molecule has 18 heavy (non-hydrogen) atoms. The van der Waals surface area contributed by atoms with Crippen LogP contribution in [0.2, 0.25) is 0 Å². The highest BCUT2D eigenvalue weighted by atomic mass is 16.5. The van der Waals surface area contributed by atoms with Crippen molar-refractivity contribution in [3.8, 4) is 0 Å². The molecule has 0 saturated heterocycles. The van der Waals surface area contributed by atoms with Gasteiger partial charge < -0.3 is 4.74 Å². The molecule has 0 radical (unpaired) electrons. The van der Waals surface area contributed by atoms with E-state index in [1.54, 1.807) is 0 Å². The number of aromatic nitrogens is 1. The van der Waals surface area contributed by atoms with Crippen molar-refractivity contribution in [2.24, 2.45) is 5.92 Å². The summed E-state index contributed by atoms with van der Waals surface area (Å²) >= 11 is 0. The summed E-state index contributed by atoms with van der Waals surface area (Å²) in [5.41, 5.74) is 1.99. The number of carbonyl (C=O) groups excluding carboxylic acids is 1. The number of esters is 1. The molecular weight excluding hydrogens is 228 g/mol. The van der Waals surface area contributed by atoms with Crippen LogP contribution >= 0.6 is 0 Å². The summed E-state index contributed by atoms with van der Waals surface area (Å²) in [6.07, 6.45) is 2.23. The van der Waals surface area contributed by atoms with Crippen molar-refractivity contribution in [2.45, 2.75) is 32.4 Å². The zero-order valence-corrected chi connectivity index (χ0v) is 11.2. The van der Waals surface area contributed by atoms with Gasteiger partial charge in [-0.15, -0.1) is 0 Å². The summed E-state index contributed by atoms with van der Waals surface area (Å²) in [7, 11) is 3.42. The number of hydrogen-bond donors (Lipinski definition) is 0. The Morgan fingerprint density at radius 1 is 1.56 bits per heavy atom. The molecule has 1 heterocycles. The third-order valence-corrected chi connectivity index (χ3v) is 3.34. The molecule has 1 fully saturated rings. The van der Waals surface area contributed by atoms with Gasteiger partial charge in [-0.05, 0) is 44.9 Å². The Balaban J connectivity index is 2.05. The van der Waals surface area contributed by atoms with E-state index >= 15 is 0 Å². The minimum absolute atomic E-state index is 0.127. The molecule has 0 spiro atoms. The molecule has 1 aliphatic rings. The molecule has 1 aromatic rings. The molecule has 1 unspecified atom stereocenters. The van der Waals surface area contributed by atoms with Crippen molar-refractivity contribution in [3.05, 3.63) is 29.6 Å². The van der Waals surface area contributed by atoms with Gasteiger partial charge in [0.15, 0.2) is 0 Å². The van der Waals surface area contributed by atoms with Gasteiger partial charge in [-0.2, -0.15) is 0 Å². The van der Waals surface area contributed by atoms with E-state index in [1.807, 2.05) is 37.1 Å². The van der Waals surface area contributed by atoms with Gasteiger partial charge >= 0.3 is 5.97 Å². The Labute approximate surface area is 108 Å². The molecule has 1 atom stereocenters. The number of hydrogen-bond acceptors (Lipinski definition) is 4. The summed E-state index contributed by atoms with van der Waals surface area (Å²) < 4.78 is 4.90. The number of pyridine rings is 1. The van der Waals surface area contributed by atoms with Crippen LogP contribution in [0.3, 0.4) is 0 Å². The highest BCUT2D eigenvalue weighted by molar-refractivity contribution is 5.76. The first kappa shape index (κ1) is 13.0. The van der Waals surface area contributed by atoms with E-state index < -0.39 is 0 Å². The predicted molar refractivity (Wildman–Crippen MR) is 69.0 cm³/mol. The van der Waals surface area contributed by atoms with Crippen molar-refractivity contribution in [2.75, 3.05) is 14.2 Å². The van der Waals surface area contributed by atoms with E-state index in [-0.39, 0.29) is 12.0 Å². The summed E-state index contributed by atoms with van der Waals surface area (Å²) in [6.45, 7) is 2.65. The standard InChI is InChI=1S/C14H20N2O2/c1-10-5-4-6-12(15-10)9-16(2)13(11-7-8-11)14(17)18-3/h4-6,11,13H,7-9H2,1-3H3. The van der Waals surface area contributed by atoms with E-state index in [0.29, 0.717) is 12.5 Å². The van der Waals surface area contributed by atoms with Crippen LogP contribution in [-0.4, -0.2) is 36.1 Å². The van der Waals surface area contributed by atoms with Gasteiger partial charge in [0, 0.05) is 12.2 Å². The van der Waals surface area contributed by atoms with Crippen LogP contribution in [0.25, 0.3) is 0 Å². The van der Waals surface area contributed by atoms with Crippen LogP contribution in [0.5, 0.6) is 0 Å². The smallest absolute Gasteiger partial charge is 0.323 e. The van der Waals surface area contributed by atoms with E-state index in [0.717, 1.165) is 24.2 Å². The maximum atomic E-state index is 11.8. The normalized spacial score (nSPS) is 16.7. The molecule has 0 aliphatic heterocycles. The van der Waals surface area contributed by atoms with Crippen LogP contribution in [0.15, 0.2) is 18.2 Å². The molecule has 1 aliphatic carbocycles. The molecule has 4 heteroatoms. The van der Waals surface area contributed by atoms with Gasteiger partial charge in [0.1, 0.15) is 6.04 Å². The third-order valence-electron chi connectivity index (χ3n) is 3.34. The zero-order valence-electron chi connectivity index (χ0n) is 11.2. The maximum absolute atomic E-state index is 11.8. The van der Waals surface area contributed by atoms with Gasteiger partial charge in [-0.3, -0.25) is 14.7 Å². The molecular formula is C14H20N2O2. The van der Waals surface area contributed by atoms with Crippen LogP contribution in [0.4, 0.5) is 0 Å². The summed E-state index contributed by atoms with van der Waals surface area (Å²) in [5, 5.41) is 0. The maximum Gasteiger partial charge on any atom is 0.323 e. The lowest BCUT2D eigenvalue weighted by Crippen LogP contribution is -2.40. The first-order valence-electron chi connectivity index (χ1n) is 6.32. The first-order chi connectivity index (χ1) is 8.61. The Kier molecular flexibility index (Phi) is 3.97. The lowest BCUT2D eigenvalue weighted by molar-refractivity contribution is -0.147. The van der Waals surface area contributed by atoms with Crippen molar-refractivity contribution >= 4 is 5.97 Å². The second-order valence-electron chi connectivity index (χ2n) is 4.99. The molecule has 0 bridgehead atoms. The number of nitrogens with zero attached hydrogens (tertiary/aromatic N) is 2. The van der Waals surface area contributed by atoms with Gasteiger partial charge in [0.05, 0.1) is 12.8 Å².